The zero-order valence-corrected chi connectivity index (χ0v) is 13.4. The first kappa shape index (κ1) is 15.2. The first-order valence-electron chi connectivity index (χ1n) is 8.08. The van der Waals surface area contributed by atoms with Gasteiger partial charge >= 0.3 is 0 Å². The van der Waals surface area contributed by atoms with Gasteiger partial charge in [0.1, 0.15) is 5.54 Å². The van der Waals surface area contributed by atoms with E-state index in [2.05, 4.69) is 79.7 Å². The van der Waals surface area contributed by atoms with Gasteiger partial charge in [-0.25, -0.2) is 0 Å². The van der Waals surface area contributed by atoms with Gasteiger partial charge in [0.25, 0.3) is 0 Å². The zero-order valence-electron chi connectivity index (χ0n) is 13.4. The Morgan fingerprint density at radius 2 is 1.00 bits per heavy atom. The lowest BCUT2D eigenvalue weighted by molar-refractivity contribution is 0.658. The van der Waals surface area contributed by atoms with Crippen LogP contribution in [0.5, 0.6) is 0 Å². The molecule has 0 atom stereocenters. The van der Waals surface area contributed by atoms with E-state index in [1.807, 2.05) is 24.4 Å². The van der Waals surface area contributed by atoms with Crippen molar-refractivity contribution in [2.75, 3.05) is 0 Å². The van der Waals surface area contributed by atoms with Gasteiger partial charge in [-0.1, -0.05) is 97.9 Å². The van der Waals surface area contributed by atoms with Crippen molar-refractivity contribution in [2.24, 2.45) is 4.99 Å². The van der Waals surface area contributed by atoms with Gasteiger partial charge in [0.2, 0.25) is 0 Å². The Kier molecular flexibility index (Phi) is 4.68. The summed E-state index contributed by atoms with van der Waals surface area (Å²) in [6.07, 6.45) is 2.93. The van der Waals surface area contributed by atoms with Crippen molar-refractivity contribution in [1.29, 1.82) is 0 Å². The zero-order chi connectivity index (χ0) is 16.0. The van der Waals surface area contributed by atoms with E-state index in [1.165, 1.54) is 16.7 Å². The van der Waals surface area contributed by atoms with Gasteiger partial charge in [-0.2, -0.15) is 0 Å². The van der Waals surface area contributed by atoms with E-state index in [4.69, 9.17) is 4.99 Å². The van der Waals surface area contributed by atoms with Crippen molar-refractivity contribution in [3.8, 4) is 0 Å². The molecule has 1 heteroatoms. The molecule has 0 aliphatic rings. The van der Waals surface area contributed by atoms with Crippen LogP contribution in [-0.2, 0) is 5.54 Å². The second kappa shape index (κ2) is 7.06. The van der Waals surface area contributed by atoms with Gasteiger partial charge in [0.15, 0.2) is 0 Å². The smallest absolute Gasteiger partial charge is 0.135 e. The van der Waals surface area contributed by atoms with E-state index in [0.717, 1.165) is 6.42 Å². The van der Waals surface area contributed by atoms with E-state index in [-0.39, 0.29) is 0 Å². The summed E-state index contributed by atoms with van der Waals surface area (Å²) in [5.41, 5.74) is 3.05. The van der Waals surface area contributed by atoms with Gasteiger partial charge in [-0.15, -0.1) is 0 Å². The van der Waals surface area contributed by atoms with Gasteiger partial charge < -0.3 is 0 Å². The highest BCUT2D eigenvalue weighted by Crippen LogP contribution is 2.40. The Labute approximate surface area is 138 Å². The Morgan fingerprint density at radius 1 is 0.652 bits per heavy atom. The molecule has 0 aliphatic carbocycles. The highest BCUT2D eigenvalue weighted by Gasteiger charge is 2.35. The molecule has 0 radical (unpaired) electrons. The van der Waals surface area contributed by atoms with Crippen LogP contribution in [0.4, 0.5) is 0 Å². The minimum Gasteiger partial charge on any atom is -0.276 e. The van der Waals surface area contributed by atoms with Crippen LogP contribution in [0, 0.1) is 0 Å². The van der Waals surface area contributed by atoms with Crippen molar-refractivity contribution < 1.29 is 0 Å². The van der Waals surface area contributed by atoms with Crippen LogP contribution >= 0.6 is 0 Å². The summed E-state index contributed by atoms with van der Waals surface area (Å²) >= 11 is 0. The second-order valence-electron chi connectivity index (χ2n) is 5.53. The van der Waals surface area contributed by atoms with Crippen molar-refractivity contribution >= 4 is 6.21 Å². The molecule has 0 saturated heterocycles. The highest BCUT2D eigenvalue weighted by atomic mass is 14.9. The Bertz CT molecular complexity index is 649. The largest absolute Gasteiger partial charge is 0.276 e. The average molecular weight is 299 g/mol. The van der Waals surface area contributed by atoms with Crippen LogP contribution in [0.1, 0.15) is 30.0 Å². The molecule has 0 N–H and O–H groups in total. The molecule has 0 spiro atoms. The standard InChI is InChI=1S/C22H21N/c1-2-18-23-22(19-12-6-3-7-13-19,20-14-8-4-9-15-20)21-16-10-5-11-17-21/h3-18H,2H2,1H3. The molecule has 0 unspecified atom stereocenters. The van der Waals surface area contributed by atoms with E-state index < -0.39 is 5.54 Å². The first-order valence-corrected chi connectivity index (χ1v) is 8.08. The summed E-state index contributed by atoms with van der Waals surface area (Å²) in [6, 6.07) is 31.6. The minimum atomic E-state index is -0.500. The maximum absolute atomic E-state index is 5.06. The van der Waals surface area contributed by atoms with Crippen molar-refractivity contribution in [2.45, 2.75) is 18.9 Å². The van der Waals surface area contributed by atoms with Crippen molar-refractivity contribution in [3.05, 3.63) is 108 Å². The Balaban J connectivity index is 2.33. The number of nitrogens with zero attached hydrogens (tertiary/aromatic N) is 1. The molecule has 0 heterocycles. The molecule has 0 fully saturated rings. The number of benzene rings is 3. The van der Waals surface area contributed by atoms with Gasteiger partial charge in [0.05, 0.1) is 0 Å². The summed E-state index contributed by atoms with van der Waals surface area (Å²) < 4.78 is 0. The quantitative estimate of drug-likeness (QED) is 0.438. The fourth-order valence-corrected chi connectivity index (χ4v) is 2.99. The third kappa shape index (κ3) is 2.95. The lowest BCUT2D eigenvalue weighted by Crippen LogP contribution is -2.27. The summed E-state index contributed by atoms with van der Waals surface area (Å²) in [7, 11) is 0. The topological polar surface area (TPSA) is 12.4 Å². The molecule has 114 valence electrons. The Morgan fingerprint density at radius 3 is 1.30 bits per heavy atom. The molecule has 3 rings (SSSR count). The lowest BCUT2D eigenvalue weighted by Gasteiger charge is -2.32. The van der Waals surface area contributed by atoms with Crippen LogP contribution in [0.2, 0.25) is 0 Å². The molecule has 0 amide bonds. The molecular formula is C22H21N. The maximum atomic E-state index is 5.06. The second-order valence-corrected chi connectivity index (χ2v) is 5.53. The molecule has 3 aromatic carbocycles. The van der Waals surface area contributed by atoms with E-state index in [1.54, 1.807) is 0 Å². The van der Waals surface area contributed by atoms with Crippen LogP contribution in [0.3, 0.4) is 0 Å². The lowest BCUT2D eigenvalue weighted by atomic mass is 9.77. The fourth-order valence-electron chi connectivity index (χ4n) is 2.99. The van der Waals surface area contributed by atoms with Crippen LogP contribution in [0.25, 0.3) is 0 Å². The number of rotatable bonds is 5. The molecule has 3 aromatic rings. The molecular weight excluding hydrogens is 278 g/mol. The van der Waals surface area contributed by atoms with Crippen molar-refractivity contribution in [3.63, 3.8) is 0 Å². The molecule has 0 bridgehead atoms. The van der Waals surface area contributed by atoms with Crippen LogP contribution in [0.15, 0.2) is 96.0 Å². The molecule has 0 saturated carbocycles. The minimum absolute atomic E-state index is 0.500. The van der Waals surface area contributed by atoms with E-state index in [9.17, 15) is 0 Å². The predicted molar refractivity (Wildman–Crippen MR) is 98.0 cm³/mol. The molecule has 0 aliphatic heterocycles. The number of hydrogen-bond donors (Lipinski definition) is 0. The van der Waals surface area contributed by atoms with E-state index >= 15 is 0 Å². The maximum Gasteiger partial charge on any atom is 0.135 e. The van der Waals surface area contributed by atoms with Gasteiger partial charge in [-0.05, 0) is 23.1 Å². The SMILES string of the molecule is CCC=NC(c1ccccc1)(c1ccccc1)c1ccccc1. The molecule has 0 aromatic heterocycles. The van der Waals surface area contributed by atoms with Gasteiger partial charge in [0, 0.05) is 6.21 Å². The molecule has 1 nitrogen and oxygen atoms in total. The summed E-state index contributed by atoms with van der Waals surface area (Å²) in [6.45, 7) is 2.12. The van der Waals surface area contributed by atoms with Crippen LogP contribution in [-0.4, -0.2) is 6.21 Å². The normalized spacial score (nSPS) is 11.7. The third-order valence-electron chi connectivity index (χ3n) is 4.04. The number of hydrogen-bond acceptors (Lipinski definition) is 1. The summed E-state index contributed by atoms with van der Waals surface area (Å²) in [5, 5.41) is 0. The van der Waals surface area contributed by atoms with E-state index in [0.29, 0.717) is 0 Å². The van der Waals surface area contributed by atoms with Crippen LogP contribution < -0.4 is 0 Å². The fraction of sp³-hybridized carbons (Fsp3) is 0.136. The van der Waals surface area contributed by atoms with Crippen molar-refractivity contribution in [1.82, 2.24) is 0 Å². The highest BCUT2D eigenvalue weighted by molar-refractivity contribution is 5.62. The monoisotopic (exact) mass is 299 g/mol. The first-order chi connectivity index (χ1) is 11.4. The molecule has 23 heavy (non-hydrogen) atoms. The van der Waals surface area contributed by atoms with Gasteiger partial charge in [-0.3, -0.25) is 4.99 Å². The average Bonchev–Trinajstić information content (AvgIpc) is 2.65. The Hall–Kier alpha value is -2.67. The number of aliphatic imine (C=N–C) groups is 1. The third-order valence-corrected chi connectivity index (χ3v) is 4.04. The summed E-state index contributed by atoms with van der Waals surface area (Å²) in [5.74, 6) is 0. The predicted octanol–water partition coefficient (Wildman–Crippen LogP) is 5.46. The summed E-state index contributed by atoms with van der Waals surface area (Å²) in [4.78, 5) is 5.06.